The van der Waals surface area contributed by atoms with Crippen molar-refractivity contribution in [1.29, 1.82) is 0 Å². The summed E-state index contributed by atoms with van der Waals surface area (Å²) in [6.07, 6.45) is 0. The molecule has 2 aromatic carbocycles. The molecule has 0 aromatic heterocycles. The fraction of sp³-hybridized carbons (Fsp3) is 0.294. The fourth-order valence-electron chi connectivity index (χ4n) is 2.65. The van der Waals surface area contributed by atoms with Crippen molar-refractivity contribution in [3.8, 4) is 0 Å². The van der Waals surface area contributed by atoms with Crippen molar-refractivity contribution in [2.75, 3.05) is 18.9 Å². The minimum atomic E-state index is 0.00611. The lowest BCUT2D eigenvalue weighted by Crippen LogP contribution is -2.47. The average molecular weight is 253 g/mol. The summed E-state index contributed by atoms with van der Waals surface area (Å²) in [5.41, 5.74) is 11.9. The van der Waals surface area contributed by atoms with Crippen LogP contribution in [-0.2, 0) is 10.2 Å². The lowest BCUT2D eigenvalue weighted by molar-refractivity contribution is -0.0380. The van der Waals surface area contributed by atoms with Gasteiger partial charge in [0.1, 0.15) is 0 Å². The lowest BCUT2D eigenvalue weighted by atomic mass is 9.72. The van der Waals surface area contributed by atoms with Gasteiger partial charge in [-0.1, -0.05) is 30.3 Å². The zero-order valence-electron chi connectivity index (χ0n) is 11.4. The van der Waals surface area contributed by atoms with Crippen molar-refractivity contribution in [1.82, 2.24) is 0 Å². The van der Waals surface area contributed by atoms with Gasteiger partial charge in [-0.3, -0.25) is 0 Å². The summed E-state index contributed by atoms with van der Waals surface area (Å²) in [4.78, 5) is 0. The summed E-state index contributed by atoms with van der Waals surface area (Å²) >= 11 is 0. The Hall–Kier alpha value is -1.80. The Bertz CT molecular complexity index is 597. The number of rotatable bonds is 2. The van der Waals surface area contributed by atoms with Crippen molar-refractivity contribution in [2.24, 2.45) is 0 Å². The molecule has 1 fully saturated rings. The topological polar surface area (TPSA) is 35.2 Å². The first-order valence-corrected chi connectivity index (χ1v) is 6.63. The first-order valence-electron chi connectivity index (χ1n) is 6.63. The summed E-state index contributed by atoms with van der Waals surface area (Å²) in [6.45, 7) is 5.81. The number of aryl methyl sites for hydroxylation is 2. The maximum atomic E-state index is 5.78. The highest BCUT2D eigenvalue weighted by atomic mass is 16.5. The van der Waals surface area contributed by atoms with Gasteiger partial charge in [0.25, 0.3) is 0 Å². The largest absolute Gasteiger partial charge is 0.399 e. The molecule has 2 N–H and O–H groups in total. The normalized spacial score (nSPS) is 16.9. The molecule has 0 spiro atoms. The van der Waals surface area contributed by atoms with Gasteiger partial charge in [-0.15, -0.1) is 0 Å². The summed E-state index contributed by atoms with van der Waals surface area (Å²) < 4.78 is 5.52. The molecule has 3 rings (SSSR count). The molecule has 0 amide bonds. The van der Waals surface area contributed by atoms with Crippen LogP contribution in [-0.4, -0.2) is 13.2 Å². The molecule has 1 saturated heterocycles. The van der Waals surface area contributed by atoms with E-state index in [1.165, 1.54) is 22.3 Å². The number of hydrogen-bond acceptors (Lipinski definition) is 2. The van der Waals surface area contributed by atoms with Gasteiger partial charge < -0.3 is 10.5 Å². The van der Waals surface area contributed by atoms with Crippen molar-refractivity contribution < 1.29 is 4.74 Å². The van der Waals surface area contributed by atoms with Crippen molar-refractivity contribution in [3.63, 3.8) is 0 Å². The molecule has 1 aliphatic heterocycles. The number of hydrogen-bond donors (Lipinski definition) is 1. The highest BCUT2D eigenvalue weighted by molar-refractivity contribution is 5.48. The second kappa shape index (κ2) is 4.39. The molecule has 0 atom stereocenters. The van der Waals surface area contributed by atoms with Crippen LogP contribution >= 0.6 is 0 Å². The first-order chi connectivity index (χ1) is 9.12. The molecule has 0 aliphatic carbocycles. The monoisotopic (exact) mass is 253 g/mol. The quantitative estimate of drug-likeness (QED) is 0.834. The van der Waals surface area contributed by atoms with Gasteiger partial charge in [0, 0.05) is 5.69 Å². The third kappa shape index (κ3) is 1.92. The van der Waals surface area contributed by atoms with Crippen molar-refractivity contribution in [3.05, 3.63) is 64.7 Å². The van der Waals surface area contributed by atoms with E-state index >= 15 is 0 Å². The van der Waals surface area contributed by atoms with Crippen LogP contribution in [0.3, 0.4) is 0 Å². The van der Waals surface area contributed by atoms with E-state index < -0.39 is 0 Å². The molecule has 0 unspecified atom stereocenters. The molecule has 19 heavy (non-hydrogen) atoms. The molecule has 0 saturated carbocycles. The van der Waals surface area contributed by atoms with E-state index in [9.17, 15) is 0 Å². The highest BCUT2D eigenvalue weighted by Gasteiger charge is 2.42. The Labute approximate surface area is 114 Å². The Kier molecular flexibility index (Phi) is 2.83. The summed E-state index contributed by atoms with van der Waals surface area (Å²) in [6, 6.07) is 14.9. The van der Waals surface area contributed by atoms with Crippen LogP contribution in [0.5, 0.6) is 0 Å². The minimum Gasteiger partial charge on any atom is -0.399 e. The van der Waals surface area contributed by atoms with Gasteiger partial charge in [-0.2, -0.15) is 0 Å². The van der Waals surface area contributed by atoms with E-state index in [0.717, 1.165) is 18.9 Å². The molecule has 2 nitrogen and oxygen atoms in total. The Morgan fingerprint density at radius 3 is 2.05 bits per heavy atom. The molecule has 98 valence electrons. The van der Waals surface area contributed by atoms with E-state index in [1.807, 2.05) is 12.1 Å². The SMILES string of the molecule is Cc1ccc(C2(c3ccc(N)cc3)COC2)cc1C. The molecule has 0 radical (unpaired) electrons. The molecule has 2 aromatic rings. The first kappa shape index (κ1) is 12.2. The Morgan fingerprint density at radius 2 is 1.53 bits per heavy atom. The summed E-state index contributed by atoms with van der Waals surface area (Å²) in [7, 11) is 0. The predicted octanol–water partition coefficient (Wildman–Crippen LogP) is 3.20. The van der Waals surface area contributed by atoms with Crippen LogP contribution in [0.1, 0.15) is 22.3 Å². The molecule has 1 aliphatic rings. The van der Waals surface area contributed by atoms with Gasteiger partial charge in [-0.25, -0.2) is 0 Å². The second-order valence-electron chi connectivity index (χ2n) is 5.50. The van der Waals surface area contributed by atoms with Gasteiger partial charge >= 0.3 is 0 Å². The molecular formula is C17H19NO. The summed E-state index contributed by atoms with van der Waals surface area (Å²) in [5, 5.41) is 0. The Morgan fingerprint density at radius 1 is 0.895 bits per heavy atom. The van der Waals surface area contributed by atoms with Crippen LogP contribution in [0.15, 0.2) is 42.5 Å². The number of anilines is 1. The highest BCUT2D eigenvalue weighted by Crippen LogP contribution is 2.39. The van der Waals surface area contributed by atoms with Gasteiger partial charge in [0.15, 0.2) is 0 Å². The zero-order chi connectivity index (χ0) is 13.5. The fourth-order valence-corrected chi connectivity index (χ4v) is 2.65. The van der Waals surface area contributed by atoms with E-state index in [1.54, 1.807) is 0 Å². The van der Waals surface area contributed by atoms with Crippen LogP contribution in [0, 0.1) is 13.8 Å². The number of nitrogen functional groups attached to an aromatic ring is 1. The third-order valence-corrected chi connectivity index (χ3v) is 4.22. The van der Waals surface area contributed by atoms with Gasteiger partial charge in [0.2, 0.25) is 0 Å². The lowest BCUT2D eigenvalue weighted by Gasteiger charge is -2.42. The predicted molar refractivity (Wildman–Crippen MR) is 78.4 cm³/mol. The molecule has 2 heteroatoms. The molecular weight excluding hydrogens is 234 g/mol. The number of benzene rings is 2. The third-order valence-electron chi connectivity index (χ3n) is 4.22. The maximum Gasteiger partial charge on any atom is 0.0669 e. The smallest absolute Gasteiger partial charge is 0.0669 e. The van der Waals surface area contributed by atoms with Gasteiger partial charge in [-0.05, 0) is 48.2 Å². The van der Waals surface area contributed by atoms with Crippen LogP contribution in [0.2, 0.25) is 0 Å². The Balaban J connectivity index is 2.07. The zero-order valence-corrected chi connectivity index (χ0v) is 11.4. The van der Waals surface area contributed by atoms with Crippen LogP contribution in [0.4, 0.5) is 5.69 Å². The maximum absolute atomic E-state index is 5.78. The minimum absolute atomic E-state index is 0.00611. The van der Waals surface area contributed by atoms with E-state index in [-0.39, 0.29) is 5.41 Å². The molecule has 1 heterocycles. The van der Waals surface area contributed by atoms with Gasteiger partial charge in [0.05, 0.1) is 18.6 Å². The summed E-state index contributed by atoms with van der Waals surface area (Å²) in [5.74, 6) is 0. The number of nitrogens with two attached hydrogens (primary N) is 1. The standard InChI is InChI=1S/C17H19NO/c1-12-3-4-15(9-13(12)2)17(10-19-11-17)14-5-7-16(18)8-6-14/h3-9H,10-11,18H2,1-2H3. The van der Waals surface area contributed by atoms with Crippen LogP contribution in [0.25, 0.3) is 0 Å². The van der Waals surface area contributed by atoms with E-state index in [2.05, 4.69) is 44.2 Å². The van der Waals surface area contributed by atoms with E-state index in [4.69, 9.17) is 10.5 Å². The number of ether oxygens (including phenoxy) is 1. The second-order valence-corrected chi connectivity index (χ2v) is 5.50. The molecule has 0 bridgehead atoms. The van der Waals surface area contributed by atoms with E-state index in [0.29, 0.717) is 0 Å². The van der Waals surface area contributed by atoms with Crippen LogP contribution < -0.4 is 5.73 Å². The van der Waals surface area contributed by atoms with Crippen molar-refractivity contribution in [2.45, 2.75) is 19.3 Å². The van der Waals surface area contributed by atoms with Crippen molar-refractivity contribution >= 4 is 5.69 Å². The average Bonchev–Trinajstić information content (AvgIpc) is 2.34.